The van der Waals surface area contributed by atoms with E-state index >= 15 is 0 Å². The molecule has 1 aliphatic heterocycles. The second-order valence-electron chi connectivity index (χ2n) is 7.12. The molecule has 158 valence electrons. The minimum atomic E-state index is -0.375. The number of carbonyl (C=O) groups excluding carboxylic acids is 1. The topological polar surface area (TPSA) is 99.8 Å². The van der Waals surface area contributed by atoms with E-state index < -0.39 is 0 Å². The van der Waals surface area contributed by atoms with E-state index in [0.29, 0.717) is 35.9 Å². The number of rotatable bonds is 5. The van der Waals surface area contributed by atoms with E-state index in [1.807, 2.05) is 42.6 Å². The number of nitrogens with zero attached hydrogens (tertiary/aromatic N) is 4. The first-order valence-corrected chi connectivity index (χ1v) is 10.6. The van der Waals surface area contributed by atoms with Gasteiger partial charge in [-0.3, -0.25) is 9.59 Å². The van der Waals surface area contributed by atoms with Crippen LogP contribution < -0.4 is 20.3 Å². The summed E-state index contributed by atoms with van der Waals surface area (Å²) in [7, 11) is 0. The summed E-state index contributed by atoms with van der Waals surface area (Å²) in [6.45, 7) is 2.70. The molecule has 31 heavy (non-hydrogen) atoms. The number of thiophene rings is 1. The number of carbonyl (C=O) groups is 1. The van der Waals surface area contributed by atoms with Crippen LogP contribution in [-0.4, -0.2) is 38.5 Å². The van der Waals surface area contributed by atoms with Gasteiger partial charge in [-0.1, -0.05) is 12.1 Å². The van der Waals surface area contributed by atoms with Gasteiger partial charge in [0, 0.05) is 0 Å². The second-order valence-corrected chi connectivity index (χ2v) is 8.07. The number of fused-ring (bicyclic) bond motifs is 2. The Labute approximate surface area is 180 Å². The Kier molecular flexibility index (Phi) is 4.91. The summed E-state index contributed by atoms with van der Waals surface area (Å²) in [5.41, 5.74) is 1.57. The number of ether oxygens (including phenoxy) is 2. The SMILES string of the molecule is C[C@@H](NC(=O)Cn1ncn2nc(-c3cccs3)cc2c1=O)c1ccc2c(c1)OCCO2. The zero-order valence-corrected chi connectivity index (χ0v) is 17.5. The number of hydrogen-bond acceptors (Lipinski definition) is 7. The lowest BCUT2D eigenvalue weighted by Crippen LogP contribution is -2.35. The fraction of sp³-hybridized carbons (Fsp3) is 0.238. The Morgan fingerprint density at radius 3 is 2.87 bits per heavy atom. The summed E-state index contributed by atoms with van der Waals surface area (Å²) in [6.07, 6.45) is 1.44. The van der Waals surface area contributed by atoms with Gasteiger partial charge in [0.05, 0.1) is 10.9 Å². The van der Waals surface area contributed by atoms with Crippen LogP contribution in [0.2, 0.25) is 0 Å². The van der Waals surface area contributed by atoms with Gasteiger partial charge in [0.2, 0.25) is 5.91 Å². The molecular formula is C21H19N5O4S. The molecule has 0 saturated carbocycles. The molecule has 10 heteroatoms. The molecule has 9 nitrogen and oxygen atoms in total. The average Bonchev–Trinajstić information content (AvgIpc) is 3.45. The Morgan fingerprint density at radius 2 is 2.06 bits per heavy atom. The molecule has 0 unspecified atom stereocenters. The van der Waals surface area contributed by atoms with Crippen molar-refractivity contribution < 1.29 is 14.3 Å². The van der Waals surface area contributed by atoms with Crippen molar-refractivity contribution in [3.05, 3.63) is 64.0 Å². The van der Waals surface area contributed by atoms with E-state index in [1.54, 1.807) is 6.07 Å². The maximum atomic E-state index is 12.8. The van der Waals surface area contributed by atoms with Crippen molar-refractivity contribution in [1.29, 1.82) is 0 Å². The van der Waals surface area contributed by atoms with Gasteiger partial charge >= 0.3 is 0 Å². The lowest BCUT2D eigenvalue weighted by molar-refractivity contribution is -0.122. The second kappa shape index (κ2) is 7.88. The summed E-state index contributed by atoms with van der Waals surface area (Å²) in [5, 5.41) is 13.3. The predicted molar refractivity (Wildman–Crippen MR) is 115 cm³/mol. The van der Waals surface area contributed by atoms with Gasteiger partial charge in [0.25, 0.3) is 5.56 Å². The molecule has 1 atom stereocenters. The highest BCUT2D eigenvalue weighted by Gasteiger charge is 2.17. The lowest BCUT2D eigenvalue weighted by atomic mass is 10.1. The van der Waals surface area contributed by atoms with E-state index in [0.717, 1.165) is 15.1 Å². The largest absolute Gasteiger partial charge is 0.486 e. The van der Waals surface area contributed by atoms with E-state index in [-0.39, 0.29) is 24.1 Å². The summed E-state index contributed by atoms with van der Waals surface area (Å²) in [5.74, 6) is 1.04. The van der Waals surface area contributed by atoms with Gasteiger partial charge in [-0.25, -0.2) is 9.20 Å². The third kappa shape index (κ3) is 3.77. The quantitative estimate of drug-likeness (QED) is 0.514. The van der Waals surface area contributed by atoms with Crippen LogP contribution in [0, 0.1) is 0 Å². The normalized spacial score (nSPS) is 13.8. The minimum Gasteiger partial charge on any atom is -0.486 e. The minimum absolute atomic E-state index is 0.191. The van der Waals surface area contributed by atoms with Crippen LogP contribution in [0.15, 0.2) is 52.9 Å². The van der Waals surface area contributed by atoms with Crippen LogP contribution >= 0.6 is 11.3 Å². The average molecular weight is 437 g/mol. The number of aromatic nitrogens is 4. The summed E-state index contributed by atoms with van der Waals surface area (Å²) in [6, 6.07) is 10.9. The van der Waals surface area contributed by atoms with Crippen molar-refractivity contribution >= 4 is 22.8 Å². The number of hydrogen-bond donors (Lipinski definition) is 1. The Hall–Kier alpha value is -3.66. The summed E-state index contributed by atoms with van der Waals surface area (Å²) < 4.78 is 13.7. The van der Waals surface area contributed by atoms with E-state index in [4.69, 9.17) is 9.47 Å². The molecule has 0 fully saturated rings. The van der Waals surface area contributed by atoms with E-state index in [2.05, 4.69) is 15.5 Å². The molecule has 1 N–H and O–H groups in total. The van der Waals surface area contributed by atoms with Crippen LogP contribution in [0.5, 0.6) is 11.5 Å². The lowest BCUT2D eigenvalue weighted by Gasteiger charge is -2.21. The van der Waals surface area contributed by atoms with Gasteiger partial charge < -0.3 is 14.8 Å². The molecular weight excluding hydrogens is 418 g/mol. The fourth-order valence-corrected chi connectivity index (χ4v) is 4.11. The third-order valence-electron chi connectivity index (χ3n) is 5.00. The Morgan fingerprint density at radius 1 is 1.23 bits per heavy atom. The van der Waals surface area contributed by atoms with Crippen molar-refractivity contribution in [2.75, 3.05) is 13.2 Å². The van der Waals surface area contributed by atoms with Gasteiger partial charge in [-0.2, -0.15) is 10.2 Å². The standard InChI is InChI=1S/C21H19N5O4S/c1-13(14-4-5-17-18(9-14)30-7-6-29-17)23-20(27)11-25-21(28)16-10-15(19-3-2-8-31-19)24-26(16)12-22-25/h2-5,8-10,12-13H,6-7,11H2,1H3,(H,23,27)/t13-/m1/s1. The van der Waals surface area contributed by atoms with Crippen molar-refractivity contribution in [1.82, 2.24) is 24.7 Å². The summed E-state index contributed by atoms with van der Waals surface area (Å²) in [4.78, 5) is 26.3. The molecule has 1 aliphatic rings. The molecule has 0 saturated heterocycles. The number of amides is 1. The molecule has 0 spiro atoms. The van der Waals surface area contributed by atoms with Gasteiger partial charge in [-0.05, 0) is 42.1 Å². The maximum absolute atomic E-state index is 12.8. The molecule has 0 radical (unpaired) electrons. The van der Waals surface area contributed by atoms with Crippen LogP contribution in [0.25, 0.3) is 16.1 Å². The first-order valence-electron chi connectivity index (χ1n) is 9.77. The van der Waals surface area contributed by atoms with Crippen molar-refractivity contribution in [3.8, 4) is 22.1 Å². The number of benzene rings is 1. The van der Waals surface area contributed by atoms with Crippen LogP contribution in [0.1, 0.15) is 18.5 Å². The van der Waals surface area contributed by atoms with E-state index in [1.165, 1.54) is 22.2 Å². The zero-order valence-electron chi connectivity index (χ0n) is 16.6. The van der Waals surface area contributed by atoms with Crippen molar-refractivity contribution in [3.63, 3.8) is 0 Å². The molecule has 4 aromatic rings. The van der Waals surface area contributed by atoms with Crippen LogP contribution in [0.4, 0.5) is 0 Å². The van der Waals surface area contributed by atoms with E-state index in [9.17, 15) is 9.59 Å². The first-order chi connectivity index (χ1) is 15.1. The first kappa shape index (κ1) is 19.3. The van der Waals surface area contributed by atoms with Crippen molar-refractivity contribution in [2.24, 2.45) is 0 Å². The van der Waals surface area contributed by atoms with Gasteiger partial charge in [0.1, 0.15) is 37.3 Å². The highest BCUT2D eigenvalue weighted by molar-refractivity contribution is 7.13. The zero-order chi connectivity index (χ0) is 21.4. The molecule has 4 heterocycles. The van der Waals surface area contributed by atoms with Gasteiger partial charge in [-0.15, -0.1) is 11.3 Å². The third-order valence-corrected chi connectivity index (χ3v) is 5.89. The van der Waals surface area contributed by atoms with Crippen LogP contribution in [-0.2, 0) is 11.3 Å². The highest BCUT2D eigenvalue weighted by atomic mass is 32.1. The van der Waals surface area contributed by atoms with Crippen LogP contribution in [0.3, 0.4) is 0 Å². The predicted octanol–water partition coefficient (Wildman–Crippen LogP) is 2.27. The molecule has 3 aromatic heterocycles. The molecule has 0 aliphatic carbocycles. The molecule has 1 amide bonds. The smallest absolute Gasteiger partial charge is 0.293 e. The maximum Gasteiger partial charge on any atom is 0.293 e. The molecule has 0 bridgehead atoms. The monoisotopic (exact) mass is 437 g/mol. The molecule has 1 aromatic carbocycles. The highest BCUT2D eigenvalue weighted by Crippen LogP contribution is 2.32. The molecule has 5 rings (SSSR count). The van der Waals surface area contributed by atoms with Gasteiger partial charge in [0.15, 0.2) is 11.5 Å². The summed E-state index contributed by atoms with van der Waals surface area (Å²) >= 11 is 1.54. The Bertz CT molecular complexity index is 1310. The number of nitrogens with one attached hydrogen (secondary N) is 1. The fourth-order valence-electron chi connectivity index (χ4n) is 3.43. The van der Waals surface area contributed by atoms with Crippen molar-refractivity contribution in [2.45, 2.75) is 19.5 Å². The Balaban J connectivity index is 1.32.